The van der Waals surface area contributed by atoms with E-state index in [1.54, 1.807) is 6.92 Å². The fourth-order valence-electron chi connectivity index (χ4n) is 8.46. The summed E-state index contributed by atoms with van der Waals surface area (Å²) in [5, 5.41) is 0. The average Bonchev–Trinajstić information content (AvgIpc) is 2.92. The Morgan fingerprint density at radius 3 is 2.38 bits per heavy atom. The molecule has 4 aliphatic carbocycles. The number of carbonyl (C=O) groups is 1. The van der Waals surface area contributed by atoms with Crippen molar-refractivity contribution in [3.05, 3.63) is 0 Å². The molecule has 0 amide bonds. The fourth-order valence-corrected chi connectivity index (χ4v) is 8.46. The number of ether oxygens (including phenoxy) is 1. The molecule has 3 nitrogen and oxygen atoms in total. The van der Waals surface area contributed by atoms with Crippen LogP contribution in [0.15, 0.2) is 0 Å². The van der Waals surface area contributed by atoms with Crippen LogP contribution in [0.2, 0.25) is 0 Å². The van der Waals surface area contributed by atoms with Gasteiger partial charge in [-0.1, -0.05) is 13.8 Å². The Morgan fingerprint density at radius 2 is 1.69 bits per heavy atom. The molecule has 4 aliphatic rings. The molecule has 0 heterocycles. The van der Waals surface area contributed by atoms with Gasteiger partial charge in [0.05, 0.1) is 0 Å². The Morgan fingerprint density at radius 1 is 1.00 bits per heavy atom. The monoisotopic (exact) mass is 361 g/mol. The molecule has 0 aliphatic heterocycles. The first-order chi connectivity index (χ1) is 12.3. The number of fused-ring (bicyclic) bond motifs is 5. The van der Waals surface area contributed by atoms with Crippen LogP contribution >= 0.6 is 0 Å². The summed E-state index contributed by atoms with van der Waals surface area (Å²) >= 11 is 0. The molecule has 4 fully saturated rings. The van der Waals surface area contributed by atoms with E-state index in [0.29, 0.717) is 16.9 Å². The molecule has 3 heteroatoms. The fraction of sp³-hybridized carbons (Fsp3) is 0.957. The van der Waals surface area contributed by atoms with E-state index in [9.17, 15) is 4.79 Å². The van der Waals surface area contributed by atoms with Crippen molar-refractivity contribution in [1.82, 2.24) is 0 Å². The summed E-state index contributed by atoms with van der Waals surface area (Å²) in [5.41, 5.74) is 7.35. The van der Waals surface area contributed by atoms with Gasteiger partial charge >= 0.3 is 5.97 Å². The molecule has 0 unspecified atom stereocenters. The van der Waals surface area contributed by atoms with Gasteiger partial charge in [-0.05, 0) is 105 Å². The normalized spacial score (nSPS) is 51.7. The topological polar surface area (TPSA) is 52.3 Å². The first-order valence-corrected chi connectivity index (χ1v) is 11.2. The maximum absolute atomic E-state index is 11.4. The van der Waals surface area contributed by atoms with E-state index in [0.717, 1.165) is 42.4 Å². The lowest BCUT2D eigenvalue weighted by Gasteiger charge is -2.61. The van der Waals surface area contributed by atoms with Crippen molar-refractivity contribution >= 4 is 5.97 Å². The van der Waals surface area contributed by atoms with E-state index >= 15 is 0 Å². The summed E-state index contributed by atoms with van der Waals surface area (Å²) in [6.45, 7) is 8.95. The smallest absolute Gasteiger partial charge is 0.302 e. The summed E-state index contributed by atoms with van der Waals surface area (Å²) in [6.07, 6.45) is 11.8. The zero-order chi connectivity index (χ0) is 18.7. The van der Waals surface area contributed by atoms with Gasteiger partial charge in [0.15, 0.2) is 0 Å². The Kier molecular flexibility index (Phi) is 4.69. The second-order valence-corrected chi connectivity index (χ2v) is 10.8. The zero-order valence-electron chi connectivity index (χ0n) is 17.3. The molecule has 9 atom stereocenters. The predicted molar refractivity (Wildman–Crippen MR) is 104 cm³/mol. The Balaban J connectivity index is 1.53. The van der Waals surface area contributed by atoms with Crippen LogP contribution < -0.4 is 5.73 Å². The van der Waals surface area contributed by atoms with Crippen molar-refractivity contribution in [2.24, 2.45) is 46.2 Å². The molecule has 148 valence electrons. The molecule has 0 aromatic carbocycles. The van der Waals surface area contributed by atoms with Crippen molar-refractivity contribution < 1.29 is 9.53 Å². The second kappa shape index (κ2) is 6.50. The summed E-state index contributed by atoms with van der Waals surface area (Å²) in [7, 11) is 0. The van der Waals surface area contributed by atoms with E-state index in [2.05, 4.69) is 20.8 Å². The van der Waals surface area contributed by atoms with Crippen molar-refractivity contribution in [3.63, 3.8) is 0 Å². The average molecular weight is 362 g/mol. The van der Waals surface area contributed by atoms with E-state index in [4.69, 9.17) is 10.5 Å². The quantitative estimate of drug-likeness (QED) is 0.710. The molecule has 26 heavy (non-hydrogen) atoms. The van der Waals surface area contributed by atoms with Crippen LogP contribution in [-0.4, -0.2) is 18.1 Å². The lowest BCUT2D eigenvalue weighted by Crippen LogP contribution is -2.55. The predicted octanol–water partition coefficient (Wildman–Crippen LogP) is 4.92. The van der Waals surface area contributed by atoms with Crippen molar-refractivity contribution in [2.45, 2.75) is 97.6 Å². The van der Waals surface area contributed by atoms with Gasteiger partial charge in [-0.3, -0.25) is 4.79 Å². The summed E-state index contributed by atoms with van der Waals surface area (Å²) in [5.74, 6) is 4.04. The van der Waals surface area contributed by atoms with Gasteiger partial charge in [-0.15, -0.1) is 0 Å². The number of rotatable bonds is 2. The van der Waals surface area contributed by atoms with Crippen molar-refractivity contribution in [2.75, 3.05) is 0 Å². The summed E-state index contributed by atoms with van der Waals surface area (Å²) in [4.78, 5) is 11.4. The van der Waals surface area contributed by atoms with Gasteiger partial charge in [0.1, 0.15) is 6.10 Å². The summed E-state index contributed by atoms with van der Waals surface area (Å²) < 4.78 is 5.59. The molecular weight excluding hydrogens is 322 g/mol. The molecule has 0 radical (unpaired) electrons. The van der Waals surface area contributed by atoms with Gasteiger partial charge in [-0.25, -0.2) is 0 Å². The highest BCUT2D eigenvalue weighted by Crippen LogP contribution is 2.67. The highest BCUT2D eigenvalue weighted by molar-refractivity contribution is 5.66. The lowest BCUT2D eigenvalue weighted by atomic mass is 9.44. The minimum Gasteiger partial charge on any atom is -0.463 e. The number of hydrogen-bond acceptors (Lipinski definition) is 3. The first-order valence-electron chi connectivity index (χ1n) is 11.2. The summed E-state index contributed by atoms with van der Waals surface area (Å²) in [6, 6.07) is 0.340. The third-order valence-electron chi connectivity index (χ3n) is 9.66. The minimum atomic E-state index is -0.103. The Bertz CT molecular complexity index is 560. The van der Waals surface area contributed by atoms with Crippen LogP contribution in [-0.2, 0) is 9.53 Å². The first kappa shape index (κ1) is 18.8. The highest BCUT2D eigenvalue weighted by Gasteiger charge is 2.60. The number of hydrogen-bond donors (Lipinski definition) is 1. The number of esters is 1. The van der Waals surface area contributed by atoms with E-state index in [1.807, 2.05) is 0 Å². The second-order valence-electron chi connectivity index (χ2n) is 10.8. The molecule has 0 spiro atoms. The minimum absolute atomic E-state index is 0.103. The molecule has 2 N–H and O–H groups in total. The molecule has 4 rings (SSSR count). The van der Waals surface area contributed by atoms with Crippen LogP contribution in [0.5, 0.6) is 0 Å². The van der Waals surface area contributed by atoms with E-state index < -0.39 is 0 Å². The molecule has 0 aromatic heterocycles. The van der Waals surface area contributed by atoms with E-state index in [-0.39, 0.29) is 12.1 Å². The Hall–Kier alpha value is -0.570. The number of carbonyl (C=O) groups excluding carboxylic acids is 1. The third-order valence-corrected chi connectivity index (χ3v) is 9.66. The largest absolute Gasteiger partial charge is 0.463 e. The molecule has 0 bridgehead atoms. The molecule has 0 aromatic rings. The lowest BCUT2D eigenvalue weighted by molar-refractivity contribution is -0.160. The van der Waals surface area contributed by atoms with Crippen LogP contribution in [0.3, 0.4) is 0 Å². The SMILES string of the molecule is CC(=O)O[C@@H]1CC[C@@]2(C)[C@@H](CC[C@H]3[C@H]2CC[C@@]2(C)[C@H]3CC[C@H]2[C@H](C)N)C1. The van der Waals surface area contributed by atoms with Gasteiger partial charge in [0.25, 0.3) is 0 Å². The van der Waals surface area contributed by atoms with Gasteiger partial charge in [0, 0.05) is 13.0 Å². The zero-order valence-corrected chi connectivity index (χ0v) is 17.3. The molecule has 4 saturated carbocycles. The van der Waals surface area contributed by atoms with Crippen LogP contribution in [0, 0.1) is 40.4 Å². The maximum atomic E-state index is 11.4. The van der Waals surface area contributed by atoms with Gasteiger partial charge in [-0.2, -0.15) is 0 Å². The van der Waals surface area contributed by atoms with Crippen LogP contribution in [0.4, 0.5) is 0 Å². The molecule has 0 saturated heterocycles. The molecular formula is C23H39NO2. The van der Waals surface area contributed by atoms with Crippen LogP contribution in [0.1, 0.15) is 85.5 Å². The van der Waals surface area contributed by atoms with Gasteiger partial charge < -0.3 is 10.5 Å². The third kappa shape index (κ3) is 2.75. The Labute approximate surface area is 159 Å². The van der Waals surface area contributed by atoms with Gasteiger partial charge in [0.2, 0.25) is 0 Å². The maximum Gasteiger partial charge on any atom is 0.302 e. The van der Waals surface area contributed by atoms with Crippen molar-refractivity contribution in [1.29, 1.82) is 0 Å². The van der Waals surface area contributed by atoms with Crippen LogP contribution in [0.25, 0.3) is 0 Å². The standard InChI is InChI=1S/C23H39NO2/c1-14(24)19-7-8-20-18-6-5-16-13-17(26-15(2)25)9-11-22(16,3)21(18)10-12-23(19,20)4/h14,16-21H,5-13,24H2,1-4H3/t14-,16-,17+,18+,19-,20-,21+,22-,23+/m0/s1. The number of nitrogens with two attached hydrogens (primary N) is 1. The van der Waals surface area contributed by atoms with E-state index in [1.165, 1.54) is 44.9 Å². The highest BCUT2D eigenvalue weighted by atomic mass is 16.5. The van der Waals surface area contributed by atoms with Crippen molar-refractivity contribution in [3.8, 4) is 0 Å².